The summed E-state index contributed by atoms with van der Waals surface area (Å²) in [5.74, 6) is 0. The number of H-pyrrole nitrogens is 2. The van der Waals surface area contributed by atoms with E-state index in [9.17, 15) is 4.79 Å². The van der Waals surface area contributed by atoms with Gasteiger partial charge in [-0.25, -0.2) is 9.97 Å². The molecule has 0 unspecified atom stereocenters. The molecule has 15 rings (SSSR count). The van der Waals surface area contributed by atoms with E-state index in [1.54, 1.807) is 0 Å². The first-order chi connectivity index (χ1) is 38.0. The highest BCUT2D eigenvalue weighted by Crippen LogP contribution is 2.43. The van der Waals surface area contributed by atoms with Crippen LogP contribution < -0.4 is 0 Å². The van der Waals surface area contributed by atoms with Crippen LogP contribution in [0.5, 0.6) is 0 Å². The third-order valence-electron chi connectivity index (χ3n) is 16.2. The van der Waals surface area contributed by atoms with Gasteiger partial charge in [-0.3, -0.25) is 4.79 Å². The van der Waals surface area contributed by atoms with Crippen LogP contribution >= 0.6 is 0 Å². The van der Waals surface area contributed by atoms with Crippen molar-refractivity contribution in [2.75, 3.05) is 0 Å². The normalized spacial score (nSPS) is 12.5. The number of hydrogen-bond donors (Lipinski definition) is 2. The minimum atomic E-state index is 0.612. The fourth-order valence-electron chi connectivity index (χ4n) is 12.8. The van der Waals surface area contributed by atoms with E-state index in [1.165, 1.54) is 65.4 Å². The minimum Gasteiger partial charge on any atom is -0.354 e. The molecule has 13 aromatic rings. The molecule has 0 fully saturated rings. The molecule has 8 nitrogen and oxygen atoms in total. The second kappa shape index (κ2) is 17.4. The van der Waals surface area contributed by atoms with Crippen molar-refractivity contribution in [2.24, 2.45) is 0 Å². The number of aryl methyl sites for hydroxylation is 3. The molecule has 0 saturated carbocycles. The van der Waals surface area contributed by atoms with Crippen molar-refractivity contribution in [1.82, 2.24) is 33.6 Å². The molecule has 0 spiro atoms. The molecule has 2 N–H and O–H groups in total. The Morgan fingerprint density at radius 3 is 0.974 bits per heavy atom. The van der Waals surface area contributed by atoms with Crippen molar-refractivity contribution >= 4 is 118 Å². The quantitative estimate of drug-likeness (QED) is 0.149. The van der Waals surface area contributed by atoms with Gasteiger partial charge in [0.05, 0.1) is 22.8 Å². The maximum absolute atomic E-state index is 12.0. The van der Waals surface area contributed by atoms with Crippen molar-refractivity contribution in [3.05, 3.63) is 204 Å². The molecule has 8 heteroatoms. The van der Waals surface area contributed by atoms with Gasteiger partial charge in [-0.2, -0.15) is 0 Å². The average Bonchev–Trinajstić information content (AvgIpc) is 4.39. The predicted octanol–water partition coefficient (Wildman–Crippen LogP) is 17.5. The number of aldehydes is 1. The summed E-state index contributed by atoms with van der Waals surface area (Å²) in [4.78, 5) is 31.3. The molecular formula is C69H51N7O. The summed E-state index contributed by atoms with van der Waals surface area (Å²) in [7, 11) is 0. The van der Waals surface area contributed by atoms with Crippen molar-refractivity contribution < 1.29 is 4.79 Å². The van der Waals surface area contributed by atoms with E-state index in [0.717, 1.165) is 115 Å². The Hall–Kier alpha value is -9.79. The monoisotopic (exact) mass is 993 g/mol. The maximum Gasteiger partial charge on any atom is 0.150 e. The number of para-hydroxylation sites is 3. The Balaban J connectivity index is 1.08. The Morgan fingerprint density at radius 1 is 0.351 bits per heavy atom. The van der Waals surface area contributed by atoms with Crippen LogP contribution in [0.15, 0.2) is 176 Å². The first-order valence-corrected chi connectivity index (χ1v) is 26.7. The third kappa shape index (κ3) is 6.81. The smallest absolute Gasteiger partial charge is 0.150 e. The number of carbonyl (C=O) groups excluding carboxylic acids is 1. The van der Waals surface area contributed by atoms with Gasteiger partial charge in [-0.15, -0.1) is 0 Å². The summed E-state index contributed by atoms with van der Waals surface area (Å²) in [6.07, 6.45) is 9.55. The van der Waals surface area contributed by atoms with Gasteiger partial charge >= 0.3 is 0 Å². The van der Waals surface area contributed by atoms with Gasteiger partial charge < -0.3 is 23.7 Å². The first-order valence-electron chi connectivity index (χ1n) is 26.7. The highest BCUT2D eigenvalue weighted by molar-refractivity contribution is 6.13. The van der Waals surface area contributed by atoms with Crippen molar-refractivity contribution in [1.29, 1.82) is 0 Å². The number of nitrogens with zero attached hydrogens (tertiary/aromatic N) is 5. The number of hydrogen-bond acceptors (Lipinski definition) is 3. The number of nitrogens with one attached hydrogen (secondary N) is 2. The Morgan fingerprint density at radius 2 is 0.649 bits per heavy atom. The molecule has 8 bridgehead atoms. The van der Waals surface area contributed by atoms with Crippen molar-refractivity contribution in [3.63, 3.8) is 0 Å². The molecule has 8 heterocycles. The summed E-state index contributed by atoms with van der Waals surface area (Å²) in [5, 5.41) is 7.27. The molecule has 7 aromatic carbocycles. The van der Waals surface area contributed by atoms with Crippen LogP contribution in [0.1, 0.15) is 53.9 Å². The second-order valence-corrected chi connectivity index (χ2v) is 20.2. The van der Waals surface area contributed by atoms with Gasteiger partial charge in [0, 0.05) is 135 Å². The molecule has 77 heavy (non-hydrogen) atoms. The van der Waals surface area contributed by atoms with Crippen LogP contribution in [0.2, 0.25) is 0 Å². The molecule has 2 aliphatic rings. The van der Waals surface area contributed by atoms with Crippen LogP contribution in [0, 0.1) is 0 Å². The van der Waals surface area contributed by atoms with Crippen LogP contribution in [0.4, 0.5) is 0 Å². The van der Waals surface area contributed by atoms with Gasteiger partial charge in [0.1, 0.15) is 6.29 Å². The minimum absolute atomic E-state index is 0.612. The van der Waals surface area contributed by atoms with E-state index in [2.05, 4.69) is 220 Å². The van der Waals surface area contributed by atoms with Crippen molar-refractivity contribution in [2.45, 2.75) is 40.4 Å². The lowest BCUT2D eigenvalue weighted by atomic mass is 10.0. The molecular weight excluding hydrogens is 943 g/mol. The lowest BCUT2D eigenvalue weighted by Gasteiger charge is -2.09. The average molecular weight is 994 g/mol. The lowest BCUT2D eigenvalue weighted by Crippen LogP contribution is -1.93. The van der Waals surface area contributed by atoms with Crippen LogP contribution in [0.3, 0.4) is 0 Å². The number of aromatic amines is 2. The van der Waals surface area contributed by atoms with E-state index in [-0.39, 0.29) is 0 Å². The van der Waals surface area contributed by atoms with Gasteiger partial charge in [-0.05, 0) is 146 Å². The summed E-state index contributed by atoms with van der Waals surface area (Å²) < 4.78 is 7.20. The van der Waals surface area contributed by atoms with Crippen LogP contribution in [-0.2, 0) is 19.6 Å². The number of rotatable bonds is 8. The van der Waals surface area contributed by atoms with Gasteiger partial charge in [0.15, 0.2) is 0 Å². The molecule has 0 aliphatic carbocycles. The highest BCUT2D eigenvalue weighted by Gasteiger charge is 2.22. The molecule has 0 radical (unpaired) electrons. The predicted molar refractivity (Wildman–Crippen MR) is 322 cm³/mol. The fraction of sp³-hybridized carbons (Fsp3) is 0.0870. The zero-order valence-electron chi connectivity index (χ0n) is 42.9. The summed E-state index contributed by atoms with van der Waals surface area (Å²) in [5.41, 5.74) is 23.0. The number of carbonyl (C=O) groups is 1. The van der Waals surface area contributed by atoms with Crippen LogP contribution in [0.25, 0.3) is 156 Å². The molecule has 6 aromatic heterocycles. The van der Waals surface area contributed by atoms with E-state index in [1.807, 2.05) is 24.3 Å². The van der Waals surface area contributed by atoms with Gasteiger partial charge in [0.25, 0.3) is 0 Å². The fourth-order valence-corrected chi connectivity index (χ4v) is 12.8. The summed E-state index contributed by atoms with van der Waals surface area (Å²) >= 11 is 0. The third-order valence-corrected chi connectivity index (χ3v) is 16.2. The molecule has 0 amide bonds. The first kappa shape index (κ1) is 44.7. The Labute approximate surface area is 443 Å². The summed E-state index contributed by atoms with van der Waals surface area (Å²) in [6, 6.07) is 63.3. The molecule has 0 saturated heterocycles. The number of aromatic nitrogens is 7. The Kier molecular flexibility index (Phi) is 10.1. The van der Waals surface area contributed by atoms with E-state index in [0.29, 0.717) is 5.56 Å². The van der Waals surface area contributed by atoms with Gasteiger partial charge in [0.2, 0.25) is 0 Å². The van der Waals surface area contributed by atoms with Crippen molar-refractivity contribution in [3.8, 4) is 44.5 Å². The maximum atomic E-state index is 12.0. The Bertz CT molecular complexity index is 4770. The molecule has 0 atom stereocenters. The van der Waals surface area contributed by atoms with E-state index < -0.39 is 0 Å². The number of benzene rings is 7. The highest BCUT2D eigenvalue weighted by atomic mass is 16.1. The van der Waals surface area contributed by atoms with E-state index in [4.69, 9.17) is 9.97 Å². The molecule has 2 aliphatic heterocycles. The topological polar surface area (TPSA) is 89.2 Å². The standard InChI is InChI=1S/C69H51N7O/c1-4-74-60-16-10-7-13-46(60)49-37-43(23-34-63(49)74)67-54-28-26-52(70-54)66(42-21-19-41(40-77)20-22-42)53-27-29-55(71-53)68(44-24-35-64-50(38-44)47-14-8-11-17-61(47)75(64)5-2)57-31-33-59(73-57)69(58-32-30-56(67)72-58)45-25-36-65-51(39-45)48-15-9-12-18-62(48)76(65)6-3/h7-40,70,73H,4-6H2,1-3H3. The van der Waals surface area contributed by atoms with Gasteiger partial charge in [-0.1, -0.05) is 97.1 Å². The number of fused-ring (bicyclic) bond motifs is 17. The zero-order chi connectivity index (χ0) is 51.5. The summed E-state index contributed by atoms with van der Waals surface area (Å²) in [6.45, 7) is 9.23. The lowest BCUT2D eigenvalue weighted by molar-refractivity contribution is 0.112. The zero-order valence-corrected chi connectivity index (χ0v) is 42.9. The second-order valence-electron chi connectivity index (χ2n) is 20.2. The largest absolute Gasteiger partial charge is 0.354 e. The van der Waals surface area contributed by atoms with Crippen LogP contribution in [-0.4, -0.2) is 39.9 Å². The van der Waals surface area contributed by atoms with E-state index >= 15 is 0 Å². The molecule has 368 valence electrons. The SMILES string of the molecule is CCn1c2ccccc2c2cc(-c3c4nc(c(-c5ccc6c(c5)c5ccccc5n6CC)c5ccc([nH]5)c(-c5ccc6c(c5)c5ccccc5n6CC)c5nc(c(-c6ccc(C=O)cc6)c6ccc3[nH]6)C=C5)C=C4)ccc21.